The SMILES string of the molecule is CCCCc1ccc2c(c1)C(=O)C(/C(C#N)=C/c1cc3sc(/N=N/c4ccc(N(CCCC)CCCC)cc4)nc3s1)C2=O. The minimum atomic E-state index is -1.09. The summed E-state index contributed by atoms with van der Waals surface area (Å²) in [6, 6.07) is 17.7. The van der Waals surface area contributed by atoms with Crippen LogP contribution in [0.4, 0.5) is 16.5 Å². The number of rotatable bonds is 14. The van der Waals surface area contributed by atoms with Gasteiger partial charge in [-0.1, -0.05) is 63.5 Å². The third kappa shape index (κ3) is 7.03. The van der Waals surface area contributed by atoms with E-state index in [0.717, 1.165) is 58.0 Å². The Kier molecular flexibility index (Phi) is 10.5. The first-order valence-electron chi connectivity index (χ1n) is 15.5. The van der Waals surface area contributed by atoms with Crippen LogP contribution in [-0.2, 0) is 6.42 Å². The monoisotopic (exact) mass is 623 g/mol. The van der Waals surface area contributed by atoms with Crippen molar-refractivity contribution in [2.45, 2.75) is 65.7 Å². The number of Topliss-reactive ketones (excluding diaryl/α,β-unsaturated/α-hetero) is 2. The summed E-state index contributed by atoms with van der Waals surface area (Å²) < 4.78 is 0.915. The Morgan fingerprint density at radius 3 is 2.27 bits per heavy atom. The Balaban J connectivity index is 1.28. The number of carbonyl (C=O) groups excluding carboxylic acids is 2. The van der Waals surface area contributed by atoms with Gasteiger partial charge in [-0.3, -0.25) is 9.59 Å². The highest BCUT2D eigenvalue weighted by molar-refractivity contribution is 7.29. The number of anilines is 1. The summed E-state index contributed by atoms with van der Waals surface area (Å²) in [5, 5.41) is 19.3. The maximum atomic E-state index is 13.3. The molecule has 1 aliphatic carbocycles. The highest BCUT2D eigenvalue weighted by Crippen LogP contribution is 2.38. The summed E-state index contributed by atoms with van der Waals surface area (Å²) in [5.74, 6) is -1.69. The van der Waals surface area contributed by atoms with Gasteiger partial charge >= 0.3 is 0 Å². The second-order valence-corrected chi connectivity index (χ2v) is 13.2. The number of thiazole rings is 1. The average Bonchev–Trinajstić information content (AvgIpc) is 3.67. The number of hydrogen-bond donors (Lipinski definition) is 0. The second-order valence-electron chi connectivity index (χ2n) is 11.1. The van der Waals surface area contributed by atoms with Crippen molar-refractivity contribution in [2.75, 3.05) is 18.0 Å². The van der Waals surface area contributed by atoms with Crippen molar-refractivity contribution in [1.29, 1.82) is 5.26 Å². The van der Waals surface area contributed by atoms with Gasteiger partial charge in [0, 0.05) is 40.4 Å². The van der Waals surface area contributed by atoms with Gasteiger partial charge < -0.3 is 4.90 Å². The molecule has 226 valence electrons. The van der Waals surface area contributed by atoms with Gasteiger partial charge in [0.15, 0.2) is 11.6 Å². The average molecular weight is 624 g/mol. The quantitative estimate of drug-likeness (QED) is 0.0790. The van der Waals surface area contributed by atoms with Crippen molar-refractivity contribution in [3.8, 4) is 6.07 Å². The maximum absolute atomic E-state index is 13.3. The van der Waals surface area contributed by atoms with Crippen LogP contribution < -0.4 is 4.90 Å². The van der Waals surface area contributed by atoms with E-state index in [0.29, 0.717) is 16.3 Å². The second kappa shape index (κ2) is 14.7. The van der Waals surface area contributed by atoms with Gasteiger partial charge in [0.25, 0.3) is 0 Å². The standard InChI is InChI=1S/C35H37N5O2S2/c1-4-7-10-23-11-16-28-29(19-23)33(42)31(32(28)41)24(22-36)20-27-21-30-34(43-27)37-35(44-30)39-38-25-12-14-26(15-13-25)40(17-8-5-2)18-9-6-3/h11-16,19-21,31H,4-10,17-18H2,1-3H3/b24-20+,39-38+. The molecular weight excluding hydrogens is 587 g/mol. The number of allylic oxidation sites excluding steroid dienone is 1. The first-order chi connectivity index (χ1) is 21.4. The number of hydrogen-bond acceptors (Lipinski definition) is 9. The topological polar surface area (TPSA) is 98.8 Å². The molecule has 0 N–H and O–H groups in total. The zero-order valence-electron chi connectivity index (χ0n) is 25.5. The van der Waals surface area contributed by atoms with Crippen LogP contribution in [0.3, 0.4) is 0 Å². The van der Waals surface area contributed by atoms with Crippen molar-refractivity contribution < 1.29 is 9.59 Å². The van der Waals surface area contributed by atoms with E-state index in [2.05, 4.69) is 59.1 Å². The van der Waals surface area contributed by atoms with E-state index in [1.165, 1.54) is 54.0 Å². The summed E-state index contributed by atoms with van der Waals surface area (Å²) in [6.45, 7) is 8.67. The van der Waals surface area contributed by atoms with E-state index in [-0.39, 0.29) is 17.1 Å². The van der Waals surface area contributed by atoms with E-state index in [4.69, 9.17) is 0 Å². The number of nitriles is 1. The van der Waals surface area contributed by atoms with Gasteiger partial charge in [0.05, 0.1) is 16.5 Å². The number of nitrogens with zero attached hydrogens (tertiary/aromatic N) is 5. The molecule has 2 aromatic carbocycles. The molecule has 0 spiro atoms. The van der Waals surface area contributed by atoms with Crippen molar-refractivity contribution in [3.05, 3.63) is 75.7 Å². The van der Waals surface area contributed by atoms with Crippen LogP contribution in [0.5, 0.6) is 0 Å². The third-order valence-corrected chi connectivity index (χ3v) is 9.81. The number of carbonyl (C=O) groups is 2. The van der Waals surface area contributed by atoms with Crippen molar-refractivity contribution >= 4 is 66.4 Å². The molecule has 0 amide bonds. The van der Waals surface area contributed by atoms with Crippen LogP contribution in [0.1, 0.15) is 90.5 Å². The minimum absolute atomic E-state index is 0.159. The molecule has 0 saturated carbocycles. The van der Waals surface area contributed by atoms with Gasteiger partial charge in [-0.05, 0) is 73.7 Å². The Labute approximate surface area is 267 Å². The van der Waals surface area contributed by atoms with Gasteiger partial charge in [-0.15, -0.1) is 21.6 Å². The summed E-state index contributed by atoms with van der Waals surface area (Å²) in [4.78, 5) is 35.0. The molecule has 2 heterocycles. The molecule has 5 rings (SSSR count). The Bertz CT molecular complexity index is 1700. The fraction of sp³-hybridized carbons (Fsp3) is 0.371. The predicted molar refractivity (Wildman–Crippen MR) is 181 cm³/mol. The number of benzene rings is 2. The van der Waals surface area contributed by atoms with Gasteiger partial charge in [0.2, 0.25) is 5.13 Å². The lowest BCUT2D eigenvalue weighted by atomic mass is 9.94. The zero-order chi connectivity index (χ0) is 31.1. The molecule has 4 aromatic rings. The fourth-order valence-corrected chi connectivity index (χ4v) is 7.34. The molecule has 1 aliphatic rings. The number of azo groups is 1. The molecule has 9 heteroatoms. The van der Waals surface area contributed by atoms with Gasteiger partial charge in [0.1, 0.15) is 10.7 Å². The Morgan fingerprint density at radius 1 is 0.909 bits per heavy atom. The number of thiophene rings is 1. The Hall–Kier alpha value is -4.00. The van der Waals surface area contributed by atoms with Crippen LogP contribution in [0, 0.1) is 17.2 Å². The number of aryl methyl sites for hydroxylation is 1. The smallest absolute Gasteiger partial charge is 0.231 e. The molecular formula is C35H37N5O2S2. The number of aromatic nitrogens is 1. The summed E-state index contributed by atoms with van der Waals surface area (Å²) in [6.07, 6.45) is 9.27. The van der Waals surface area contributed by atoms with Crippen molar-refractivity contribution in [1.82, 2.24) is 4.98 Å². The lowest BCUT2D eigenvalue weighted by Crippen LogP contribution is -2.25. The fourth-order valence-electron chi connectivity index (χ4n) is 5.35. The van der Waals surface area contributed by atoms with E-state index >= 15 is 0 Å². The van der Waals surface area contributed by atoms with E-state index in [9.17, 15) is 14.9 Å². The molecule has 7 nitrogen and oxygen atoms in total. The van der Waals surface area contributed by atoms with Crippen LogP contribution in [-0.4, -0.2) is 29.6 Å². The van der Waals surface area contributed by atoms with Gasteiger partial charge in [-0.25, -0.2) is 4.98 Å². The van der Waals surface area contributed by atoms with Crippen LogP contribution in [0.2, 0.25) is 0 Å². The number of ketones is 2. The highest BCUT2D eigenvalue weighted by Gasteiger charge is 2.41. The van der Waals surface area contributed by atoms with E-state index in [1.807, 2.05) is 30.3 Å². The predicted octanol–water partition coefficient (Wildman–Crippen LogP) is 10.1. The molecule has 1 unspecified atom stereocenters. The molecule has 0 saturated heterocycles. The first kappa shape index (κ1) is 31.4. The summed E-state index contributed by atoms with van der Waals surface area (Å²) in [7, 11) is 0. The Morgan fingerprint density at radius 2 is 1.61 bits per heavy atom. The molecule has 1 atom stereocenters. The van der Waals surface area contributed by atoms with E-state index in [1.54, 1.807) is 12.1 Å². The van der Waals surface area contributed by atoms with Crippen LogP contribution in [0.25, 0.3) is 15.6 Å². The molecule has 0 aliphatic heterocycles. The van der Waals surface area contributed by atoms with Gasteiger partial charge in [-0.2, -0.15) is 5.26 Å². The molecule has 44 heavy (non-hydrogen) atoms. The number of fused-ring (bicyclic) bond motifs is 2. The van der Waals surface area contributed by atoms with Crippen LogP contribution in [0.15, 0.2) is 64.3 Å². The van der Waals surface area contributed by atoms with E-state index < -0.39 is 5.92 Å². The lowest BCUT2D eigenvalue weighted by molar-refractivity contribution is 0.0867. The highest BCUT2D eigenvalue weighted by atomic mass is 32.1. The van der Waals surface area contributed by atoms with Crippen LogP contribution >= 0.6 is 22.7 Å². The van der Waals surface area contributed by atoms with Crippen molar-refractivity contribution in [2.24, 2.45) is 16.1 Å². The summed E-state index contributed by atoms with van der Waals surface area (Å²) >= 11 is 2.81. The minimum Gasteiger partial charge on any atom is -0.372 e. The molecule has 0 bridgehead atoms. The normalized spacial score (nSPS) is 15.0. The lowest BCUT2D eigenvalue weighted by Gasteiger charge is -2.24. The molecule has 0 fully saturated rings. The summed E-state index contributed by atoms with van der Waals surface area (Å²) in [5.41, 5.74) is 4.01. The third-order valence-electron chi connectivity index (χ3n) is 7.82. The van der Waals surface area contributed by atoms with Crippen molar-refractivity contribution in [3.63, 3.8) is 0 Å². The zero-order valence-corrected chi connectivity index (χ0v) is 27.1. The molecule has 0 radical (unpaired) electrons. The molecule has 2 aromatic heterocycles. The number of unbranched alkanes of at least 4 members (excludes halogenated alkanes) is 3. The first-order valence-corrected chi connectivity index (χ1v) is 17.1. The maximum Gasteiger partial charge on any atom is 0.231 e. The largest absolute Gasteiger partial charge is 0.372 e.